The Morgan fingerprint density at radius 2 is 2.23 bits per heavy atom. The van der Waals surface area contributed by atoms with E-state index in [0.29, 0.717) is 25.9 Å². The second-order valence-electron chi connectivity index (χ2n) is 5.80. The SMILES string of the molecule is CCCS(=O)(=O)N1CCCC1C(=O)N(C)Cc1cnn(C)c1. The van der Waals surface area contributed by atoms with Gasteiger partial charge in [0.25, 0.3) is 0 Å². The van der Waals surface area contributed by atoms with E-state index in [1.54, 1.807) is 22.8 Å². The van der Waals surface area contributed by atoms with Gasteiger partial charge in [-0.15, -0.1) is 0 Å². The van der Waals surface area contributed by atoms with Crippen molar-refractivity contribution < 1.29 is 13.2 Å². The molecule has 0 aromatic carbocycles. The lowest BCUT2D eigenvalue weighted by Crippen LogP contribution is -2.46. The number of aromatic nitrogens is 2. The van der Waals surface area contributed by atoms with Crippen molar-refractivity contribution in [1.29, 1.82) is 0 Å². The van der Waals surface area contributed by atoms with Crippen LogP contribution in [-0.2, 0) is 28.4 Å². The molecule has 1 atom stereocenters. The number of hydrogen-bond acceptors (Lipinski definition) is 4. The number of likely N-dealkylation sites (N-methyl/N-ethyl adjacent to an activating group) is 1. The molecule has 8 heteroatoms. The van der Waals surface area contributed by atoms with Gasteiger partial charge in [0.2, 0.25) is 15.9 Å². The molecular formula is C14H24N4O3S. The Hall–Kier alpha value is -1.41. The fraction of sp³-hybridized carbons (Fsp3) is 0.714. The molecule has 1 aliphatic rings. The van der Waals surface area contributed by atoms with Crippen LogP contribution in [-0.4, -0.2) is 58.7 Å². The molecule has 2 rings (SSSR count). The topological polar surface area (TPSA) is 75.5 Å². The van der Waals surface area contributed by atoms with E-state index in [9.17, 15) is 13.2 Å². The van der Waals surface area contributed by atoms with Crippen LogP contribution in [0.2, 0.25) is 0 Å². The van der Waals surface area contributed by atoms with Gasteiger partial charge in [-0.2, -0.15) is 9.40 Å². The van der Waals surface area contributed by atoms with Crippen LogP contribution in [0, 0.1) is 0 Å². The molecule has 0 saturated carbocycles. The van der Waals surface area contributed by atoms with Gasteiger partial charge in [0.15, 0.2) is 0 Å². The molecule has 0 spiro atoms. The van der Waals surface area contributed by atoms with Crippen LogP contribution in [0.5, 0.6) is 0 Å². The van der Waals surface area contributed by atoms with Crippen molar-refractivity contribution in [1.82, 2.24) is 19.0 Å². The number of nitrogens with zero attached hydrogens (tertiary/aromatic N) is 4. The fourth-order valence-electron chi connectivity index (χ4n) is 2.85. The van der Waals surface area contributed by atoms with Crippen molar-refractivity contribution in [3.8, 4) is 0 Å². The van der Waals surface area contributed by atoms with Gasteiger partial charge >= 0.3 is 0 Å². The summed E-state index contributed by atoms with van der Waals surface area (Å²) in [5, 5.41) is 4.08. The molecule has 1 amide bonds. The number of aryl methyl sites for hydroxylation is 1. The van der Waals surface area contributed by atoms with Crippen molar-refractivity contribution in [2.75, 3.05) is 19.3 Å². The minimum absolute atomic E-state index is 0.100. The van der Waals surface area contributed by atoms with Crippen LogP contribution < -0.4 is 0 Å². The summed E-state index contributed by atoms with van der Waals surface area (Å²) < 4.78 is 27.6. The van der Waals surface area contributed by atoms with Crippen molar-refractivity contribution in [2.24, 2.45) is 7.05 Å². The van der Waals surface area contributed by atoms with E-state index in [2.05, 4.69) is 5.10 Å². The first-order valence-electron chi connectivity index (χ1n) is 7.57. The lowest BCUT2D eigenvalue weighted by molar-refractivity contribution is -0.133. The average Bonchev–Trinajstić information content (AvgIpc) is 3.07. The highest BCUT2D eigenvalue weighted by Crippen LogP contribution is 2.23. The second-order valence-corrected chi connectivity index (χ2v) is 7.84. The Bertz CT molecular complexity index is 626. The van der Waals surface area contributed by atoms with Crippen LogP contribution in [0.25, 0.3) is 0 Å². The van der Waals surface area contributed by atoms with E-state index in [0.717, 1.165) is 12.0 Å². The molecule has 0 bridgehead atoms. The first-order chi connectivity index (χ1) is 10.3. The summed E-state index contributed by atoms with van der Waals surface area (Å²) in [5.41, 5.74) is 0.930. The molecule has 0 N–H and O–H groups in total. The summed E-state index contributed by atoms with van der Waals surface area (Å²) in [5.74, 6) is -0.0376. The molecular weight excluding hydrogens is 304 g/mol. The molecule has 2 heterocycles. The molecule has 0 aliphatic carbocycles. The number of hydrogen-bond donors (Lipinski definition) is 0. The molecule has 1 aliphatic heterocycles. The van der Waals surface area contributed by atoms with E-state index in [1.165, 1.54) is 4.31 Å². The molecule has 0 radical (unpaired) electrons. The third-order valence-corrected chi connectivity index (χ3v) is 5.94. The Labute approximate surface area is 131 Å². The maximum Gasteiger partial charge on any atom is 0.241 e. The number of amides is 1. The lowest BCUT2D eigenvalue weighted by atomic mass is 10.2. The van der Waals surface area contributed by atoms with E-state index in [1.807, 2.05) is 20.2 Å². The summed E-state index contributed by atoms with van der Waals surface area (Å²) >= 11 is 0. The second kappa shape index (κ2) is 6.78. The third-order valence-electron chi connectivity index (χ3n) is 3.86. The molecule has 1 unspecified atom stereocenters. The largest absolute Gasteiger partial charge is 0.340 e. The Balaban J connectivity index is 2.07. The summed E-state index contributed by atoms with van der Waals surface area (Å²) in [4.78, 5) is 14.2. The zero-order valence-electron chi connectivity index (χ0n) is 13.4. The molecule has 7 nitrogen and oxygen atoms in total. The Kier molecular flexibility index (Phi) is 5.23. The van der Waals surface area contributed by atoms with Gasteiger partial charge in [-0.25, -0.2) is 8.42 Å². The van der Waals surface area contributed by atoms with Crippen LogP contribution in [0.15, 0.2) is 12.4 Å². The van der Waals surface area contributed by atoms with Gasteiger partial charge in [-0.05, 0) is 19.3 Å². The number of sulfonamides is 1. The highest BCUT2D eigenvalue weighted by molar-refractivity contribution is 7.89. The summed E-state index contributed by atoms with van der Waals surface area (Å²) in [7, 11) is 0.190. The number of carbonyl (C=O) groups excluding carboxylic acids is 1. The zero-order chi connectivity index (χ0) is 16.3. The normalized spacial score (nSPS) is 19.5. The predicted octanol–water partition coefficient (Wildman–Crippen LogP) is 0.583. The van der Waals surface area contributed by atoms with E-state index < -0.39 is 16.1 Å². The molecule has 1 aromatic heterocycles. The van der Waals surface area contributed by atoms with Gasteiger partial charge in [-0.3, -0.25) is 9.48 Å². The quantitative estimate of drug-likeness (QED) is 0.765. The van der Waals surface area contributed by atoms with Gasteiger partial charge in [0.1, 0.15) is 6.04 Å². The highest BCUT2D eigenvalue weighted by Gasteiger charge is 2.39. The smallest absolute Gasteiger partial charge is 0.241 e. The summed E-state index contributed by atoms with van der Waals surface area (Å²) in [6, 6.07) is -0.557. The Morgan fingerprint density at radius 3 is 2.82 bits per heavy atom. The molecule has 1 aromatic rings. The molecule has 22 heavy (non-hydrogen) atoms. The highest BCUT2D eigenvalue weighted by atomic mass is 32.2. The van der Waals surface area contributed by atoms with Gasteiger partial charge in [0, 0.05) is 38.9 Å². The maximum atomic E-state index is 12.6. The van der Waals surface area contributed by atoms with Crippen molar-refractivity contribution >= 4 is 15.9 Å². The van der Waals surface area contributed by atoms with Crippen LogP contribution in [0.1, 0.15) is 31.7 Å². The van der Waals surface area contributed by atoms with E-state index in [-0.39, 0.29) is 11.7 Å². The Morgan fingerprint density at radius 1 is 1.50 bits per heavy atom. The first-order valence-corrected chi connectivity index (χ1v) is 9.18. The predicted molar refractivity (Wildman–Crippen MR) is 83.5 cm³/mol. The van der Waals surface area contributed by atoms with E-state index >= 15 is 0 Å². The maximum absolute atomic E-state index is 12.6. The van der Waals surface area contributed by atoms with Crippen molar-refractivity contribution in [3.63, 3.8) is 0 Å². The van der Waals surface area contributed by atoms with Crippen LogP contribution >= 0.6 is 0 Å². The lowest BCUT2D eigenvalue weighted by Gasteiger charge is -2.27. The van der Waals surface area contributed by atoms with Crippen LogP contribution in [0.4, 0.5) is 0 Å². The van der Waals surface area contributed by atoms with Crippen molar-refractivity contribution in [3.05, 3.63) is 18.0 Å². The van der Waals surface area contributed by atoms with Gasteiger partial charge in [0.05, 0.1) is 11.9 Å². The molecule has 1 saturated heterocycles. The minimum atomic E-state index is -3.34. The molecule has 124 valence electrons. The summed E-state index contributed by atoms with van der Waals surface area (Å²) in [6.07, 6.45) is 5.46. The number of carbonyl (C=O) groups is 1. The first kappa shape index (κ1) is 17.0. The van der Waals surface area contributed by atoms with Gasteiger partial charge < -0.3 is 4.90 Å². The number of rotatable bonds is 6. The monoisotopic (exact) mass is 328 g/mol. The summed E-state index contributed by atoms with van der Waals surface area (Å²) in [6.45, 7) is 2.71. The van der Waals surface area contributed by atoms with Crippen LogP contribution in [0.3, 0.4) is 0 Å². The standard InChI is InChI=1S/C14H24N4O3S/c1-4-8-22(20,21)18-7-5-6-13(18)14(19)16(2)10-12-9-15-17(3)11-12/h9,11,13H,4-8,10H2,1-3H3. The zero-order valence-corrected chi connectivity index (χ0v) is 14.2. The van der Waals surface area contributed by atoms with E-state index in [4.69, 9.17) is 0 Å². The third kappa shape index (κ3) is 3.67. The fourth-order valence-corrected chi connectivity index (χ4v) is 4.60. The molecule has 1 fully saturated rings. The van der Waals surface area contributed by atoms with Crippen molar-refractivity contribution in [2.45, 2.75) is 38.8 Å². The van der Waals surface area contributed by atoms with Gasteiger partial charge in [-0.1, -0.05) is 6.92 Å². The average molecular weight is 328 g/mol. The minimum Gasteiger partial charge on any atom is -0.340 e.